The smallest absolute Gasteiger partial charge is 0.330 e. The zero-order valence-electron chi connectivity index (χ0n) is 10.2. The first kappa shape index (κ1) is 14.2. The fourth-order valence-electron chi connectivity index (χ4n) is 2.03. The lowest BCUT2D eigenvalue weighted by Gasteiger charge is -2.24. The number of rotatable bonds is 4. The summed E-state index contributed by atoms with van der Waals surface area (Å²) in [6, 6.07) is 7.00. The molecule has 2 rings (SSSR count). The molecule has 0 bridgehead atoms. The minimum absolute atomic E-state index is 0.139. The van der Waals surface area contributed by atoms with Crippen LogP contribution >= 0.6 is 23.4 Å². The lowest BCUT2D eigenvalue weighted by atomic mass is 9.98. The molecule has 102 valence electrons. The van der Waals surface area contributed by atoms with Crippen LogP contribution < -0.4 is 5.32 Å². The summed E-state index contributed by atoms with van der Waals surface area (Å²) in [4.78, 5) is 23.3. The molecule has 0 radical (unpaired) electrons. The zero-order valence-corrected chi connectivity index (χ0v) is 11.8. The molecule has 1 amide bonds. The maximum absolute atomic E-state index is 12.0. The van der Waals surface area contributed by atoms with E-state index >= 15 is 0 Å². The van der Waals surface area contributed by atoms with E-state index in [9.17, 15) is 14.7 Å². The third-order valence-corrected chi connectivity index (χ3v) is 4.49. The second-order valence-corrected chi connectivity index (χ2v) is 6.09. The van der Waals surface area contributed by atoms with Crippen LogP contribution in [0.25, 0.3) is 0 Å². The SMILES string of the molecule is O=C(Cc1cccc(Cl)c1)NC1(C(=O)O)CCSC1. The van der Waals surface area contributed by atoms with E-state index in [-0.39, 0.29) is 12.3 Å². The highest BCUT2D eigenvalue weighted by Gasteiger charge is 2.43. The van der Waals surface area contributed by atoms with E-state index in [1.807, 2.05) is 0 Å². The van der Waals surface area contributed by atoms with Crippen LogP contribution in [0.1, 0.15) is 12.0 Å². The van der Waals surface area contributed by atoms with E-state index in [1.165, 1.54) is 0 Å². The molecule has 1 saturated heterocycles. The van der Waals surface area contributed by atoms with Gasteiger partial charge in [-0.25, -0.2) is 4.79 Å². The van der Waals surface area contributed by atoms with E-state index in [0.29, 0.717) is 17.2 Å². The van der Waals surface area contributed by atoms with Crippen molar-refractivity contribution in [3.63, 3.8) is 0 Å². The molecule has 1 aliphatic rings. The van der Waals surface area contributed by atoms with Gasteiger partial charge >= 0.3 is 5.97 Å². The predicted octanol–water partition coefficient (Wildman–Crippen LogP) is 1.96. The van der Waals surface area contributed by atoms with Crippen molar-refractivity contribution in [2.45, 2.75) is 18.4 Å². The Balaban J connectivity index is 2.02. The van der Waals surface area contributed by atoms with E-state index in [0.717, 1.165) is 11.3 Å². The normalized spacial score (nSPS) is 22.2. The van der Waals surface area contributed by atoms with Gasteiger partial charge in [0.15, 0.2) is 0 Å². The summed E-state index contributed by atoms with van der Waals surface area (Å²) < 4.78 is 0. The van der Waals surface area contributed by atoms with Crippen molar-refractivity contribution in [1.29, 1.82) is 0 Å². The van der Waals surface area contributed by atoms with Crippen LogP contribution in [0.5, 0.6) is 0 Å². The number of carboxylic acids is 1. The van der Waals surface area contributed by atoms with E-state index < -0.39 is 11.5 Å². The van der Waals surface area contributed by atoms with Gasteiger partial charge in [0.2, 0.25) is 5.91 Å². The summed E-state index contributed by atoms with van der Waals surface area (Å²) in [5.74, 6) is -0.0722. The molecule has 1 aromatic carbocycles. The fraction of sp³-hybridized carbons (Fsp3) is 0.385. The van der Waals surface area contributed by atoms with E-state index in [4.69, 9.17) is 11.6 Å². The van der Waals surface area contributed by atoms with Gasteiger partial charge in [-0.05, 0) is 29.9 Å². The third kappa shape index (κ3) is 3.42. The summed E-state index contributed by atoms with van der Waals surface area (Å²) >= 11 is 7.39. The van der Waals surface area contributed by atoms with Gasteiger partial charge in [-0.3, -0.25) is 4.79 Å². The standard InChI is InChI=1S/C13H14ClNO3S/c14-10-3-1-2-9(6-10)7-11(16)15-13(12(17)18)4-5-19-8-13/h1-3,6H,4-5,7-8H2,(H,15,16)(H,17,18). The molecule has 1 atom stereocenters. The number of hydrogen-bond donors (Lipinski definition) is 2. The molecule has 1 fully saturated rings. The average Bonchev–Trinajstić information content (AvgIpc) is 2.78. The number of halogens is 1. The summed E-state index contributed by atoms with van der Waals surface area (Å²) in [6.45, 7) is 0. The van der Waals surface area contributed by atoms with Gasteiger partial charge in [0.05, 0.1) is 6.42 Å². The maximum atomic E-state index is 12.0. The Morgan fingerprint density at radius 1 is 1.47 bits per heavy atom. The van der Waals surface area contributed by atoms with Crippen molar-refractivity contribution in [3.8, 4) is 0 Å². The van der Waals surface area contributed by atoms with Crippen LogP contribution in [0.15, 0.2) is 24.3 Å². The number of benzene rings is 1. The summed E-state index contributed by atoms with van der Waals surface area (Å²) in [5, 5.41) is 12.5. The first-order valence-corrected chi connectivity index (χ1v) is 7.42. The van der Waals surface area contributed by atoms with Crippen LogP contribution in [-0.4, -0.2) is 34.0 Å². The number of carboxylic acid groups (broad SMARTS) is 1. The van der Waals surface area contributed by atoms with Gasteiger partial charge in [-0.2, -0.15) is 11.8 Å². The molecule has 1 aliphatic heterocycles. The molecule has 4 nitrogen and oxygen atoms in total. The van der Waals surface area contributed by atoms with Gasteiger partial charge in [-0.1, -0.05) is 23.7 Å². The minimum atomic E-state index is -1.11. The van der Waals surface area contributed by atoms with Crippen LogP contribution in [0.2, 0.25) is 5.02 Å². The molecule has 6 heteroatoms. The number of amides is 1. The Bertz CT molecular complexity index is 500. The third-order valence-electron chi connectivity index (χ3n) is 3.06. The molecule has 0 aliphatic carbocycles. The molecule has 1 heterocycles. The molecule has 1 unspecified atom stereocenters. The number of aliphatic carboxylic acids is 1. The number of carbonyl (C=O) groups excluding carboxylic acids is 1. The maximum Gasteiger partial charge on any atom is 0.330 e. The van der Waals surface area contributed by atoms with Gasteiger partial charge in [0.25, 0.3) is 0 Å². The van der Waals surface area contributed by atoms with Crippen molar-refractivity contribution >= 4 is 35.2 Å². The largest absolute Gasteiger partial charge is 0.479 e. The Kier molecular flexibility index (Phi) is 4.37. The minimum Gasteiger partial charge on any atom is -0.479 e. The Labute approximate surface area is 120 Å². The Morgan fingerprint density at radius 3 is 2.84 bits per heavy atom. The predicted molar refractivity (Wildman–Crippen MR) is 75.6 cm³/mol. The van der Waals surface area contributed by atoms with Crippen LogP contribution in [0, 0.1) is 0 Å². The Hall–Kier alpha value is -1.20. The van der Waals surface area contributed by atoms with Crippen LogP contribution in [0.3, 0.4) is 0 Å². The van der Waals surface area contributed by atoms with Crippen molar-refractivity contribution in [1.82, 2.24) is 5.32 Å². The number of thioether (sulfide) groups is 1. The van der Waals surface area contributed by atoms with Crippen molar-refractivity contribution in [2.24, 2.45) is 0 Å². The molecular formula is C13H14ClNO3S. The summed E-state index contributed by atoms with van der Waals surface area (Å²) in [5.41, 5.74) is -0.337. The van der Waals surface area contributed by atoms with Crippen LogP contribution in [0.4, 0.5) is 0 Å². The topological polar surface area (TPSA) is 66.4 Å². The quantitative estimate of drug-likeness (QED) is 0.892. The molecule has 0 spiro atoms. The molecule has 1 aromatic rings. The zero-order chi connectivity index (χ0) is 13.9. The average molecular weight is 300 g/mol. The van der Waals surface area contributed by atoms with Gasteiger partial charge in [0.1, 0.15) is 5.54 Å². The number of carbonyl (C=O) groups is 2. The van der Waals surface area contributed by atoms with Crippen molar-refractivity contribution in [2.75, 3.05) is 11.5 Å². The van der Waals surface area contributed by atoms with Crippen molar-refractivity contribution < 1.29 is 14.7 Å². The first-order valence-electron chi connectivity index (χ1n) is 5.88. The molecule has 0 saturated carbocycles. The highest BCUT2D eigenvalue weighted by atomic mass is 35.5. The van der Waals surface area contributed by atoms with E-state index in [2.05, 4.69) is 5.32 Å². The fourth-order valence-corrected chi connectivity index (χ4v) is 3.57. The second-order valence-electron chi connectivity index (χ2n) is 4.54. The molecule has 19 heavy (non-hydrogen) atoms. The number of nitrogens with one attached hydrogen (secondary N) is 1. The molecule has 2 N–H and O–H groups in total. The highest BCUT2D eigenvalue weighted by molar-refractivity contribution is 7.99. The summed E-state index contributed by atoms with van der Waals surface area (Å²) in [7, 11) is 0. The monoisotopic (exact) mass is 299 g/mol. The lowest BCUT2D eigenvalue weighted by Crippen LogP contribution is -2.55. The van der Waals surface area contributed by atoms with Gasteiger partial charge < -0.3 is 10.4 Å². The Morgan fingerprint density at radius 2 is 2.26 bits per heavy atom. The number of hydrogen-bond acceptors (Lipinski definition) is 3. The first-order chi connectivity index (χ1) is 9.02. The van der Waals surface area contributed by atoms with E-state index in [1.54, 1.807) is 36.0 Å². The lowest BCUT2D eigenvalue weighted by molar-refractivity contribution is -0.146. The molecule has 0 aromatic heterocycles. The summed E-state index contributed by atoms with van der Waals surface area (Å²) in [6.07, 6.45) is 0.606. The van der Waals surface area contributed by atoms with Crippen molar-refractivity contribution in [3.05, 3.63) is 34.9 Å². The highest BCUT2D eigenvalue weighted by Crippen LogP contribution is 2.28. The van der Waals surface area contributed by atoms with Crippen LogP contribution in [-0.2, 0) is 16.0 Å². The second kappa shape index (κ2) is 5.84. The van der Waals surface area contributed by atoms with Gasteiger partial charge in [-0.15, -0.1) is 0 Å². The van der Waals surface area contributed by atoms with Gasteiger partial charge in [0, 0.05) is 10.8 Å². The molecular weight excluding hydrogens is 286 g/mol.